The topological polar surface area (TPSA) is 60.5 Å². The number of aromatic nitrogens is 1. The minimum atomic E-state index is -0.0567. The van der Waals surface area contributed by atoms with E-state index in [0.29, 0.717) is 36.9 Å². The fraction of sp³-hybridized carbons (Fsp3) is 0.263. The SMILES string of the molecule is CCOc1ccccc1OCCCC(=O)Nc1nc(-c2cccs2)cs1. The summed E-state index contributed by atoms with van der Waals surface area (Å²) in [6.07, 6.45) is 1.00. The zero-order valence-electron chi connectivity index (χ0n) is 14.4. The van der Waals surface area contributed by atoms with Gasteiger partial charge < -0.3 is 14.8 Å². The Morgan fingerprint density at radius 1 is 1.12 bits per heavy atom. The second kappa shape index (κ2) is 9.35. The molecule has 0 aliphatic carbocycles. The molecule has 5 nitrogen and oxygen atoms in total. The van der Waals surface area contributed by atoms with E-state index in [4.69, 9.17) is 9.47 Å². The first-order valence-electron chi connectivity index (χ1n) is 8.40. The molecule has 3 aromatic rings. The number of nitrogens with one attached hydrogen (secondary N) is 1. The van der Waals surface area contributed by atoms with Gasteiger partial charge in [-0.1, -0.05) is 18.2 Å². The van der Waals surface area contributed by atoms with Crippen LogP contribution in [0, 0.1) is 0 Å². The molecule has 7 heteroatoms. The molecule has 1 aromatic carbocycles. The predicted molar refractivity (Wildman–Crippen MR) is 106 cm³/mol. The number of carbonyl (C=O) groups is 1. The maximum atomic E-state index is 12.1. The van der Waals surface area contributed by atoms with Crippen LogP contribution < -0.4 is 14.8 Å². The molecule has 26 heavy (non-hydrogen) atoms. The Kier molecular flexibility index (Phi) is 6.62. The summed E-state index contributed by atoms with van der Waals surface area (Å²) in [5.41, 5.74) is 0.899. The molecule has 136 valence electrons. The first kappa shape index (κ1) is 18.4. The van der Waals surface area contributed by atoms with Gasteiger partial charge in [0.15, 0.2) is 16.6 Å². The number of amides is 1. The van der Waals surface area contributed by atoms with E-state index in [1.807, 2.05) is 54.1 Å². The van der Waals surface area contributed by atoms with Crippen LogP contribution in [0.4, 0.5) is 5.13 Å². The number of para-hydroxylation sites is 2. The third kappa shape index (κ3) is 5.06. The summed E-state index contributed by atoms with van der Waals surface area (Å²) >= 11 is 3.07. The summed E-state index contributed by atoms with van der Waals surface area (Å²) in [6, 6.07) is 11.6. The van der Waals surface area contributed by atoms with Crippen LogP contribution in [0.25, 0.3) is 10.6 Å². The lowest BCUT2D eigenvalue weighted by molar-refractivity contribution is -0.116. The minimum Gasteiger partial charge on any atom is -0.490 e. The lowest BCUT2D eigenvalue weighted by atomic mass is 10.3. The summed E-state index contributed by atoms with van der Waals surface area (Å²) in [7, 11) is 0. The fourth-order valence-corrected chi connectivity index (χ4v) is 3.80. The molecule has 0 saturated heterocycles. The highest BCUT2D eigenvalue weighted by Gasteiger charge is 2.09. The van der Waals surface area contributed by atoms with E-state index in [2.05, 4.69) is 10.3 Å². The largest absolute Gasteiger partial charge is 0.490 e. The molecule has 0 fully saturated rings. The van der Waals surface area contributed by atoms with Gasteiger partial charge in [-0.05, 0) is 36.9 Å². The third-order valence-corrected chi connectivity index (χ3v) is 5.13. The number of carbonyl (C=O) groups excluding carboxylic acids is 1. The molecule has 0 spiro atoms. The Morgan fingerprint density at radius 3 is 2.65 bits per heavy atom. The van der Waals surface area contributed by atoms with Crippen molar-refractivity contribution in [1.82, 2.24) is 4.98 Å². The second-order valence-electron chi connectivity index (χ2n) is 5.40. The van der Waals surface area contributed by atoms with Crippen molar-refractivity contribution in [3.63, 3.8) is 0 Å². The number of nitrogens with zero attached hydrogens (tertiary/aromatic N) is 1. The summed E-state index contributed by atoms with van der Waals surface area (Å²) < 4.78 is 11.2. The Morgan fingerprint density at radius 2 is 1.92 bits per heavy atom. The molecule has 0 atom stereocenters. The van der Waals surface area contributed by atoms with E-state index >= 15 is 0 Å². The van der Waals surface area contributed by atoms with E-state index in [0.717, 1.165) is 16.3 Å². The Labute approximate surface area is 160 Å². The highest BCUT2D eigenvalue weighted by atomic mass is 32.1. The maximum Gasteiger partial charge on any atom is 0.226 e. The van der Waals surface area contributed by atoms with E-state index in [1.54, 1.807) is 11.3 Å². The van der Waals surface area contributed by atoms with Crippen molar-refractivity contribution in [2.75, 3.05) is 18.5 Å². The lowest BCUT2D eigenvalue weighted by Gasteiger charge is -2.11. The summed E-state index contributed by atoms with van der Waals surface area (Å²) in [5.74, 6) is 1.37. The standard InChI is InChI=1S/C19H20N2O3S2/c1-2-23-15-7-3-4-8-16(15)24-11-5-10-18(22)21-19-20-14(13-26-19)17-9-6-12-25-17/h3-4,6-9,12-13H,2,5,10-11H2,1H3,(H,20,21,22). The summed E-state index contributed by atoms with van der Waals surface area (Å²) in [6.45, 7) is 2.98. The van der Waals surface area contributed by atoms with E-state index < -0.39 is 0 Å². The number of ether oxygens (including phenoxy) is 2. The van der Waals surface area contributed by atoms with Crippen LogP contribution in [0.3, 0.4) is 0 Å². The van der Waals surface area contributed by atoms with Gasteiger partial charge in [0, 0.05) is 11.8 Å². The highest BCUT2D eigenvalue weighted by molar-refractivity contribution is 7.16. The molecule has 1 N–H and O–H groups in total. The van der Waals surface area contributed by atoms with Crippen LogP contribution in [0.2, 0.25) is 0 Å². The van der Waals surface area contributed by atoms with Crippen LogP contribution in [0.15, 0.2) is 47.2 Å². The Hall–Kier alpha value is -2.38. The molecule has 0 bridgehead atoms. The fourth-order valence-electron chi connectivity index (χ4n) is 2.31. The van der Waals surface area contributed by atoms with Gasteiger partial charge in [0.25, 0.3) is 0 Å². The normalized spacial score (nSPS) is 10.5. The number of rotatable bonds is 9. The lowest BCUT2D eigenvalue weighted by Crippen LogP contribution is -2.12. The van der Waals surface area contributed by atoms with Gasteiger partial charge in [0.2, 0.25) is 5.91 Å². The van der Waals surface area contributed by atoms with Crippen molar-refractivity contribution in [1.29, 1.82) is 0 Å². The van der Waals surface area contributed by atoms with Gasteiger partial charge in [0.05, 0.1) is 23.8 Å². The van der Waals surface area contributed by atoms with Crippen molar-refractivity contribution in [3.05, 3.63) is 47.2 Å². The number of thiazole rings is 1. The Balaban J connectivity index is 1.42. The zero-order chi connectivity index (χ0) is 18.2. The average molecular weight is 389 g/mol. The van der Waals surface area contributed by atoms with Crippen molar-refractivity contribution >= 4 is 33.7 Å². The van der Waals surface area contributed by atoms with Gasteiger partial charge in [-0.15, -0.1) is 22.7 Å². The first-order chi connectivity index (χ1) is 12.8. The number of benzene rings is 1. The molecular formula is C19H20N2O3S2. The van der Waals surface area contributed by atoms with Crippen molar-refractivity contribution in [2.45, 2.75) is 19.8 Å². The van der Waals surface area contributed by atoms with Crippen molar-refractivity contribution in [3.8, 4) is 22.1 Å². The van der Waals surface area contributed by atoms with Gasteiger partial charge in [-0.3, -0.25) is 4.79 Å². The zero-order valence-corrected chi connectivity index (χ0v) is 16.1. The van der Waals surface area contributed by atoms with Crippen LogP contribution in [0.5, 0.6) is 11.5 Å². The third-order valence-electron chi connectivity index (χ3n) is 3.48. The molecule has 0 saturated carbocycles. The molecule has 3 rings (SSSR count). The molecule has 0 aliphatic heterocycles. The molecule has 0 unspecified atom stereocenters. The highest BCUT2D eigenvalue weighted by Crippen LogP contribution is 2.28. The van der Waals surface area contributed by atoms with Gasteiger partial charge >= 0.3 is 0 Å². The minimum absolute atomic E-state index is 0.0567. The van der Waals surface area contributed by atoms with Crippen LogP contribution in [0.1, 0.15) is 19.8 Å². The van der Waals surface area contributed by atoms with E-state index in [-0.39, 0.29) is 5.91 Å². The summed E-state index contributed by atoms with van der Waals surface area (Å²) in [5, 5.41) is 7.44. The molecule has 2 heterocycles. The van der Waals surface area contributed by atoms with Crippen LogP contribution in [-0.4, -0.2) is 24.1 Å². The number of hydrogen-bond donors (Lipinski definition) is 1. The maximum absolute atomic E-state index is 12.1. The monoisotopic (exact) mass is 388 g/mol. The number of anilines is 1. The second-order valence-corrected chi connectivity index (χ2v) is 7.20. The van der Waals surface area contributed by atoms with Crippen molar-refractivity contribution < 1.29 is 14.3 Å². The summed E-state index contributed by atoms with van der Waals surface area (Å²) in [4.78, 5) is 17.6. The Bertz CT molecular complexity index is 831. The molecule has 2 aromatic heterocycles. The van der Waals surface area contributed by atoms with Crippen molar-refractivity contribution in [2.24, 2.45) is 0 Å². The number of hydrogen-bond acceptors (Lipinski definition) is 6. The van der Waals surface area contributed by atoms with Gasteiger partial charge in [-0.25, -0.2) is 4.98 Å². The molecule has 0 aliphatic rings. The average Bonchev–Trinajstić information content (AvgIpc) is 3.32. The van der Waals surface area contributed by atoms with Gasteiger partial charge in [0.1, 0.15) is 0 Å². The molecular weight excluding hydrogens is 368 g/mol. The molecule has 1 amide bonds. The van der Waals surface area contributed by atoms with E-state index in [9.17, 15) is 4.79 Å². The predicted octanol–water partition coefficient (Wildman–Crippen LogP) is 5.07. The van der Waals surface area contributed by atoms with Gasteiger partial charge in [-0.2, -0.15) is 0 Å². The first-order valence-corrected chi connectivity index (χ1v) is 10.2. The number of thiophene rings is 1. The van der Waals surface area contributed by atoms with E-state index in [1.165, 1.54) is 11.3 Å². The molecule has 0 radical (unpaired) electrons. The van der Waals surface area contributed by atoms with Crippen LogP contribution in [-0.2, 0) is 4.79 Å². The van der Waals surface area contributed by atoms with Crippen LogP contribution >= 0.6 is 22.7 Å². The smallest absolute Gasteiger partial charge is 0.226 e. The quantitative estimate of drug-likeness (QED) is 0.520.